The Morgan fingerprint density at radius 2 is 1.40 bits per heavy atom. The molecule has 11 heteroatoms. The summed E-state index contributed by atoms with van der Waals surface area (Å²) in [6, 6.07) is -4.21. The van der Waals surface area contributed by atoms with E-state index in [9.17, 15) is 24.0 Å². The van der Waals surface area contributed by atoms with Crippen molar-refractivity contribution in [1.82, 2.24) is 16.0 Å². The summed E-state index contributed by atoms with van der Waals surface area (Å²) >= 11 is 0. The predicted molar refractivity (Wildman–Crippen MR) is 108 cm³/mol. The Morgan fingerprint density at radius 3 is 1.83 bits per heavy atom. The average Bonchev–Trinajstić information content (AvgIpc) is 2.60. The van der Waals surface area contributed by atoms with Gasteiger partial charge in [-0.1, -0.05) is 27.7 Å². The molecular formula is C19H34N4O7. The number of carbonyl (C=O) groups excluding carboxylic acids is 3. The number of hydrogen-bond acceptors (Lipinski definition) is 6. The van der Waals surface area contributed by atoms with Crippen molar-refractivity contribution < 1.29 is 34.2 Å². The van der Waals surface area contributed by atoms with Gasteiger partial charge in [-0.3, -0.25) is 19.2 Å². The molecule has 7 N–H and O–H groups in total. The first-order valence-corrected chi connectivity index (χ1v) is 9.87. The number of carboxylic acid groups (broad SMARTS) is 2. The number of hydrogen-bond donors (Lipinski definition) is 6. The first kappa shape index (κ1) is 27.3. The van der Waals surface area contributed by atoms with Crippen LogP contribution in [0.15, 0.2) is 0 Å². The molecule has 3 amide bonds. The number of nitrogens with two attached hydrogens (primary N) is 1. The van der Waals surface area contributed by atoms with Crippen molar-refractivity contribution in [3.63, 3.8) is 0 Å². The Kier molecular flexibility index (Phi) is 11.6. The maximum absolute atomic E-state index is 12.6. The van der Waals surface area contributed by atoms with Gasteiger partial charge in [0.1, 0.15) is 18.1 Å². The molecule has 0 spiro atoms. The summed E-state index contributed by atoms with van der Waals surface area (Å²) < 4.78 is 0. The van der Waals surface area contributed by atoms with Gasteiger partial charge in [-0.15, -0.1) is 0 Å². The first-order chi connectivity index (χ1) is 13.8. The standard InChI is InChI=1S/C19H34N4O7/c1-9(2)8-12(20)17(27)23-15(10(3)4)18(28)21-11(5)16(26)22-13(19(29)30)6-7-14(24)25/h9-13,15H,6-8,20H2,1-5H3,(H,21,28)(H,22,26)(H,23,27)(H,24,25)(H,29,30). The molecule has 0 aromatic rings. The molecule has 0 saturated heterocycles. The number of nitrogens with one attached hydrogen (secondary N) is 3. The second-order valence-electron chi connectivity index (χ2n) is 8.03. The van der Waals surface area contributed by atoms with Gasteiger partial charge in [-0.2, -0.15) is 0 Å². The Labute approximate surface area is 176 Å². The lowest BCUT2D eigenvalue weighted by atomic mass is 10.00. The number of carbonyl (C=O) groups is 5. The highest BCUT2D eigenvalue weighted by Crippen LogP contribution is 2.07. The van der Waals surface area contributed by atoms with Crippen LogP contribution in [0, 0.1) is 11.8 Å². The molecule has 172 valence electrons. The Morgan fingerprint density at radius 1 is 0.833 bits per heavy atom. The van der Waals surface area contributed by atoms with Crippen LogP contribution in [-0.2, 0) is 24.0 Å². The van der Waals surface area contributed by atoms with E-state index in [2.05, 4.69) is 16.0 Å². The molecule has 0 rings (SSSR count). The van der Waals surface area contributed by atoms with Crippen LogP contribution in [0.3, 0.4) is 0 Å². The first-order valence-electron chi connectivity index (χ1n) is 9.87. The molecule has 0 fully saturated rings. The summed E-state index contributed by atoms with van der Waals surface area (Å²) in [5, 5.41) is 25.0. The van der Waals surface area contributed by atoms with Crippen molar-refractivity contribution in [3.05, 3.63) is 0 Å². The van der Waals surface area contributed by atoms with E-state index in [1.165, 1.54) is 6.92 Å². The van der Waals surface area contributed by atoms with Gasteiger partial charge in [-0.05, 0) is 31.6 Å². The summed E-state index contributed by atoms with van der Waals surface area (Å²) in [4.78, 5) is 58.9. The molecule has 4 unspecified atom stereocenters. The SMILES string of the molecule is CC(C)CC(N)C(=O)NC(C(=O)NC(C)C(=O)NC(CCC(=O)O)C(=O)O)C(C)C. The van der Waals surface area contributed by atoms with Gasteiger partial charge < -0.3 is 31.9 Å². The van der Waals surface area contributed by atoms with Gasteiger partial charge >= 0.3 is 11.9 Å². The largest absolute Gasteiger partial charge is 0.481 e. The van der Waals surface area contributed by atoms with Gasteiger partial charge in [-0.25, -0.2) is 4.79 Å². The Bertz CT molecular complexity index is 636. The van der Waals surface area contributed by atoms with Crippen molar-refractivity contribution in [2.45, 2.75) is 78.0 Å². The molecule has 0 aromatic heterocycles. The summed E-state index contributed by atoms with van der Waals surface area (Å²) in [7, 11) is 0. The predicted octanol–water partition coefficient (Wildman–Crippen LogP) is -0.560. The number of carboxylic acids is 2. The third-order valence-electron chi connectivity index (χ3n) is 4.32. The lowest BCUT2D eigenvalue weighted by molar-refractivity contribution is -0.143. The smallest absolute Gasteiger partial charge is 0.326 e. The van der Waals surface area contributed by atoms with E-state index >= 15 is 0 Å². The number of rotatable bonds is 13. The van der Waals surface area contributed by atoms with Crippen molar-refractivity contribution in [3.8, 4) is 0 Å². The minimum atomic E-state index is -1.40. The molecule has 0 heterocycles. The van der Waals surface area contributed by atoms with Crippen molar-refractivity contribution in [2.24, 2.45) is 17.6 Å². The van der Waals surface area contributed by atoms with Crippen LogP contribution in [0.25, 0.3) is 0 Å². The molecule has 0 aromatic carbocycles. The maximum atomic E-state index is 12.6. The molecule has 4 atom stereocenters. The normalized spacial score (nSPS) is 15.1. The van der Waals surface area contributed by atoms with Gasteiger partial charge in [0.25, 0.3) is 0 Å². The lowest BCUT2D eigenvalue weighted by Crippen LogP contribution is -2.57. The second-order valence-corrected chi connectivity index (χ2v) is 8.03. The molecular weight excluding hydrogens is 396 g/mol. The van der Waals surface area contributed by atoms with E-state index in [1.54, 1.807) is 13.8 Å². The van der Waals surface area contributed by atoms with Crippen LogP contribution in [-0.4, -0.2) is 64.0 Å². The highest BCUT2D eigenvalue weighted by atomic mass is 16.4. The fourth-order valence-corrected chi connectivity index (χ4v) is 2.60. The maximum Gasteiger partial charge on any atom is 0.326 e. The summed E-state index contributed by atoms with van der Waals surface area (Å²) in [5.41, 5.74) is 5.84. The summed E-state index contributed by atoms with van der Waals surface area (Å²) in [5.74, 6) is -4.55. The molecule has 0 bridgehead atoms. The topological polar surface area (TPSA) is 188 Å². The van der Waals surface area contributed by atoms with Crippen LogP contribution in [0.4, 0.5) is 0 Å². The van der Waals surface area contributed by atoms with Crippen LogP contribution >= 0.6 is 0 Å². The van der Waals surface area contributed by atoms with E-state index in [0.29, 0.717) is 6.42 Å². The number of amides is 3. The third kappa shape index (κ3) is 10.2. The molecule has 11 nitrogen and oxygen atoms in total. The van der Waals surface area contributed by atoms with Crippen LogP contribution < -0.4 is 21.7 Å². The molecule has 0 aliphatic carbocycles. The zero-order valence-corrected chi connectivity index (χ0v) is 18.1. The highest BCUT2D eigenvalue weighted by Gasteiger charge is 2.30. The van der Waals surface area contributed by atoms with E-state index in [0.717, 1.165) is 0 Å². The van der Waals surface area contributed by atoms with Gasteiger partial charge in [0, 0.05) is 6.42 Å². The van der Waals surface area contributed by atoms with Gasteiger partial charge in [0.2, 0.25) is 17.7 Å². The van der Waals surface area contributed by atoms with Gasteiger partial charge in [0.15, 0.2) is 0 Å². The zero-order chi connectivity index (χ0) is 23.6. The summed E-state index contributed by atoms with van der Waals surface area (Å²) in [6.07, 6.45) is -0.282. The molecule has 0 aliphatic rings. The lowest BCUT2D eigenvalue weighted by Gasteiger charge is -2.26. The van der Waals surface area contributed by atoms with Crippen LogP contribution in [0.1, 0.15) is 53.9 Å². The summed E-state index contributed by atoms with van der Waals surface area (Å²) in [6.45, 7) is 8.63. The molecule has 30 heavy (non-hydrogen) atoms. The fourth-order valence-electron chi connectivity index (χ4n) is 2.60. The molecule has 0 aliphatic heterocycles. The number of aliphatic carboxylic acids is 2. The monoisotopic (exact) mass is 430 g/mol. The average molecular weight is 431 g/mol. The second kappa shape index (κ2) is 12.8. The quantitative estimate of drug-likeness (QED) is 0.224. The van der Waals surface area contributed by atoms with E-state index < -0.39 is 60.2 Å². The zero-order valence-electron chi connectivity index (χ0n) is 18.1. The fraction of sp³-hybridized carbons (Fsp3) is 0.737. The minimum Gasteiger partial charge on any atom is -0.481 e. The third-order valence-corrected chi connectivity index (χ3v) is 4.32. The van der Waals surface area contributed by atoms with Crippen LogP contribution in [0.2, 0.25) is 0 Å². The van der Waals surface area contributed by atoms with E-state index in [4.69, 9.17) is 15.9 Å². The van der Waals surface area contributed by atoms with E-state index in [-0.39, 0.29) is 18.3 Å². The van der Waals surface area contributed by atoms with E-state index in [1.807, 2.05) is 13.8 Å². The van der Waals surface area contributed by atoms with Crippen LogP contribution in [0.5, 0.6) is 0 Å². The molecule has 0 radical (unpaired) electrons. The van der Waals surface area contributed by atoms with Crippen molar-refractivity contribution >= 4 is 29.7 Å². The Balaban J connectivity index is 4.97. The van der Waals surface area contributed by atoms with Gasteiger partial charge in [0.05, 0.1) is 6.04 Å². The highest BCUT2D eigenvalue weighted by molar-refractivity contribution is 5.94. The van der Waals surface area contributed by atoms with Crippen molar-refractivity contribution in [2.75, 3.05) is 0 Å². The van der Waals surface area contributed by atoms with Crippen molar-refractivity contribution in [1.29, 1.82) is 0 Å². The Hall–Kier alpha value is -2.69. The molecule has 0 saturated carbocycles. The minimum absolute atomic E-state index is 0.198.